The highest BCUT2D eigenvalue weighted by Gasteiger charge is 2.17. The molecule has 1 amide bonds. The third-order valence-corrected chi connectivity index (χ3v) is 4.22. The number of aromatic nitrogens is 2. The maximum absolute atomic E-state index is 12.1. The quantitative estimate of drug-likeness (QED) is 0.936. The van der Waals surface area contributed by atoms with Crippen molar-refractivity contribution in [1.82, 2.24) is 14.9 Å². The van der Waals surface area contributed by atoms with Crippen molar-refractivity contribution in [2.45, 2.75) is 25.4 Å². The van der Waals surface area contributed by atoms with Gasteiger partial charge in [0.05, 0.1) is 4.88 Å². The molecule has 0 atom stereocenters. The van der Waals surface area contributed by atoms with Crippen molar-refractivity contribution in [1.29, 1.82) is 0 Å². The molecule has 0 spiro atoms. The lowest BCUT2D eigenvalue weighted by Crippen LogP contribution is -2.40. The Labute approximate surface area is 121 Å². The van der Waals surface area contributed by atoms with Crippen LogP contribution in [0.2, 0.25) is 0 Å². The van der Waals surface area contributed by atoms with Gasteiger partial charge in [-0.25, -0.2) is 4.98 Å². The first kappa shape index (κ1) is 13.3. The lowest BCUT2D eigenvalue weighted by molar-refractivity contribution is -0.122. The number of ether oxygens (including phenoxy) is 1. The van der Waals surface area contributed by atoms with Gasteiger partial charge in [-0.3, -0.25) is 4.79 Å². The summed E-state index contributed by atoms with van der Waals surface area (Å²) < 4.78 is 7.18. The fraction of sp³-hybridized carbons (Fsp3) is 0.429. The minimum Gasteiger partial charge on any atom is -0.381 e. The summed E-state index contributed by atoms with van der Waals surface area (Å²) in [6, 6.07) is 4.24. The highest BCUT2D eigenvalue weighted by atomic mass is 32.1. The molecule has 5 nitrogen and oxygen atoms in total. The van der Waals surface area contributed by atoms with Gasteiger partial charge in [0.25, 0.3) is 0 Å². The zero-order chi connectivity index (χ0) is 13.8. The lowest BCUT2D eigenvalue weighted by atomic mass is 10.1. The van der Waals surface area contributed by atoms with E-state index in [-0.39, 0.29) is 11.9 Å². The van der Waals surface area contributed by atoms with Crippen LogP contribution in [0.5, 0.6) is 0 Å². The topological polar surface area (TPSA) is 56.2 Å². The molecule has 0 saturated carbocycles. The molecule has 6 heteroatoms. The van der Waals surface area contributed by atoms with Crippen LogP contribution in [0.3, 0.4) is 0 Å². The van der Waals surface area contributed by atoms with Crippen LogP contribution in [-0.4, -0.2) is 34.7 Å². The van der Waals surface area contributed by atoms with E-state index < -0.39 is 0 Å². The van der Waals surface area contributed by atoms with Crippen LogP contribution in [-0.2, 0) is 16.1 Å². The number of hydrogen-bond acceptors (Lipinski definition) is 4. The summed E-state index contributed by atoms with van der Waals surface area (Å²) in [5.41, 5.74) is 0. The largest absolute Gasteiger partial charge is 0.381 e. The van der Waals surface area contributed by atoms with Crippen LogP contribution in [0.4, 0.5) is 0 Å². The number of imidazole rings is 1. The zero-order valence-electron chi connectivity index (χ0n) is 11.1. The molecule has 3 heterocycles. The average molecular weight is 291 g/mol. The van der Waals surface area contributed by atoms with E-state index in [0.717, 1.165) is 36.8 Å². The maximum atomic E-state index is 12.1. The molecule has 1 saturated heterocycles. The minimum absolute atomic E-state index is 0.0349. The number of carbonyl (C=O) groups is 1. The smallest absolute Gasteiger partial charge is 0.240 e. The van der Waals surface area contributed by atoms with E-state index in [0.29, 0.717) is 6.54 Å². The summed E-state index contributed by atoms with van der Waals surface area (Å²) in [6.45, 7) is 1.78. The Hall–Kier alpha value is -1.66. The predicted octanol–water partition coefficient (Wildman–Crippen LogP) is 1.91. The standard InChI is InChI=1S/C14H17N3O2S/c18-13(16-11-3-7-19-8-4-11)10-17-6-5-15-14(17)12-2-1-9-20-12/h1-2,5-6,9,11H,3-4,7-8,10H2,(H,16,18). The Balaban J connectivity index is 1.63. The van der Waals surface area contributed by atoms with Gasteiger partial charge in [0.15, 0.2) is 0 Å². The molecule has 0 radical (unpaired) electrons. The Morgan fingerprint density at radius 1 is 1.50 bits per heavy atom. The van der Waals surface area contributed by atoms with E-state index in [9.17, 15) is 4.79 Å². The summed E-state index contributed by atoms with van der Waals surface area (Å²) in [4.78, 5) is 17.5. The molecule has 3 rings (SSSR count). The second-order valence-electron chi connectivity index (χ2n) is 4.81. The van der Waals surface area contributed by atoms with Gasteiger partial charge in [-0.1, -0.05) is 6.07 Å². The maximum Gasteiger partial charge on any atom is 0.240 e. The van der Waals surface area contributed by atoms with Crippen LogP contribution in [0.1, 0.15) is 12.8 Å². The number of thiophene rings is 1. The third-order valence-electron chi connectivity index (χ3n) is 3.36. The number of carbonyl (C=O) groups excluding carboxylic acids is 1. The molecule has 0 aliphatic carbocycles. The third kappa shape index (κ3) is 3.08. The number of amides is 1. The van der Waals surface area contributed by atoms with Gasteiger partial charge < -0.3 is 14.6 Å². The molecule has 1 aliphatic rings. The fourth-order valence-electron chi connectivity index (χ4n) is 2.34. The first-order valence-electron chi connectivity index (χ1n) is 6.75. The van der Waals surface area contributed by atoms with E-state index in [2.05, 4.69) is 10.3 Å². The summed E-state index contributed by atoms with van der Waals surface area (Å²) in [7, 11) is 0. The summed E-state index contributed by atoms with van der Waals surface area (Å²) in [5, 5.41) is 5.08. The molecule has 1 N–H and O–H groups in total. The van der Waals surface area contributed by atoms with E-state index >= 15 is 0 Å². The summed E-state index contributed by atoms with van der Waals surface area (Å²) in [6.07, 6.45) is 5.37. The zero-order valence-corrected chi connectivity index (χ0v) is 11.9. The van der Waals surface area contributed by atoms with Crippen LogP contribution in [0.25, 0.3) is 10.7 Å². The molecule has 0 aromatic carbocycles. The van der Waals surface area contributed by atoms with Crippen molar-refractivity contribution in [2.24, 2.45) is 0 Å². The normalized spacial score (nSPS) is 16.2. The number of nitrogens with zero attached hydrogens (tertiary/aromatic N) is 2. The van der Waals surface area contributed by atoms with Crippen LogP contribution >= 0.6 is 11.3 Å². The number of rotatable bonds is 4. The first-order chi connectivity index (χ1) is 9.83. The van der Waals surface area contributed by atoms with Crippen molar-refractivity contribution in [3.05, 3.63) is 29.9 Å². The first-order valence-corrected chi connectivity index (χ1v) is 7.63. The molecule has 0 unspecified atom stereocenters. The van der Waals surface area contributed by atoms with Gasteiger partial charge in [-0.05, 0) is 24.3 Å². The molecule has 2 aromatic heterocycles. The molecule has 20 heavy (non-hydrogen) atoms. The fourth-order valence-corrected chi connectivity index (χ4v) is 3.07. The second kappa shape index (κ2) is 6.19. The van der Waals surface area contributed by atoms with E-state index in [1.807, 2.05) is 28.3 Å². The molecule has 1 fully saturated rings. The Morgan fingerprint density at radius 2 is 2.35 bits per heavy atom. The highest BCUT2D eigenvalue weighted by molar-refractivity contribution is 7.13. The van der Waals surface area contributed by atoms with Gasteiger partial charge >= 0.3 is 0 Å². The second-order valence-corrected chi connectivity index (χ2v) is 5.76. The molecule has 2 aromatic rings. The van der Waals surface area contributed by atoms with Crippen LogP contribution < -0.4 is 5.32 Å². The summed E-state index contributed by atoms with van der Waals surface area (Å²) in [5.74, 6) is 0.884. The number of hydrogen-bond donors (Lipinski definition) is 1. The van der Waals surface area contributed by atoms with Crippen molar-refractivity contribution in [2.75, 3.05) is 13.2 Å². The van der Waals surface area contributed by atoms with Gasteiger partial charge in [0.1, 0.15) is 12.4 Å². The van der Waals surface area contributed by atoms with E-state index in [1.54, 1.807) is 17.5 Å². The Bertz CT molecular complexity index is 559. The molecule has 106 valence electrons. The monoisotopic (exact) mass is 291 g/mol. The average Bonchev–Trinajstić information content (AvgIpc) is 3.10. The molecular weight excluding hydrogens is 274 g/mol. The van der Waals surface area contributed by atoms with Gasteiger partial charge in [-0.2, -0.15) is 0 Å². The van der Waals surface area contributed by atoms with Crippen molar-refractivity contribution in [3.8, 4) is 10.7 Å². The van der Waals surface area contributed by atoms with Gasteiger partial charge in [0, 0.05) is 31.6 Å². The van der Waals surface area contributed by atoms with Crippen molar-refractivity contribution >= 4 is 17.2 Å². The van der Waals surface area contributed by atoms with E-state index in [1.165, 1.54) is 0 Å². The van der Waals surface area contributed by atoms with Gasteiger partial charge in [0.2, 0.25) is 5.91 Å². The van der Waals surface area contributed by atoms with Crippen molar-refractivity contribution in [3.63, 3.8) is 0 Å². The van der Waals surface area contributed by atoms with Crippen molar-refractivity contribution < 1.29 is 9.53 Å². The Kier molecular flexibility index (Phi) is 4.13. The lowest BCUT2D eigenvalue weighted by Gasteiger charge is -2.23. The molecule has 0 bridgehead atoms. The highest BCUT2D eigenvalue weighted by Crippen LogP contribution is 2.22. The SMILES string of the molecule is O=C(Cn1ccnc1-c1cccs1)NC1CCOCC1. The number of nitrogens with one attached hydrogen (secondary N) is 1. The minimum atomic E-state index is 0.0349. The molecule has 1 aliphatic heterocycles. The van der Waals surface area contributed by atoms with Crippen LogP contribution in [0, 0.1) is 0 Å². The van der Waals surface area contributed by atoms with Crippen LogP contribution in [0.15, 0.2) is 29.9 Å². The summed E-state index contributed by atoms with van der Waals surface area (Å²) >= 11 is 1.63. The van der Waals surface area contributed by atoms with E-state index in [4.69, 9.17) is 4.74 Å². The molecular formula is C14H17N3O2S. The predicted molar refractivity (Wildman–Crippen MR) is 77.5 cm³/mol. The van der Waals surface area contributed by atoms with Gasteiger partial charge in [-0.15, -0.1) is 11.3 Å². The Morgan fingerprint density at radius 3 is 3.10 bits per heavy atom.